The number of hydrogen-bond donors (Lipinski definition) is 1. The van der Waals surface area contributed by atoms with Crippen molar-refractivity contribution in [2.75, 3.05) is 4.72 Å². The number of sulfonamides is 1. The third-order valence-corrected chi connectivity index (χ3v) is 4.52. The van der Waals surface area contributed by atoms with Crippen LogP contribution < -0.4 is 4.72 Å². The first-order valence-corrected chi connectivity index (χ1v) is 8.43. The van der Waals surface area contributed by atoms with Gasteiger partial charge >= 0.3 is 0 Å². The van der Waals surface area contributed by atoms with Gasteiger partial charge in [-0.1, -0.05) is 12.1 Å². The minimum atomic E-state index is -4.40. The highest BCUT2D eigenvalue weighted by Crippen LogP contribution is 2.18. The summed E-state index contributed by atoms with van der Waals surface area (Å²) in [6.07, 6.45) is 1.23. The molecule has 0 bridgehead atoms. The zero-order valence-electron chi connectivity index (χ0n) is 12.5. The van der Waals surface area contributed by atoms with Crippen LogP contribution in [0.5, 0.6) is 0 Å². The number of hydrogen-bond acceptors (Lipinski definition) is 4. The summed E-state index contributed by atoms with van der Waals surface area (Å²) in [4.78, 5) is 2.90. The third kappa shape index (κ3) is 3.97. The van der Waals surface area contributed by atoms with Gasteiger partial charge in [0, 0.05) is 0 Å². The molecule has 0 aliphatic rings. The number of aromatic nitrogens is 3. The molecule has 1 aromatic heterocycles. The van der Waals surface area contributed by atoms with E-state index in [1.165, 1.54) is 29.2 Å². The Morgan fingerprint density at radius 1 is 1.04 bits per heavy atom. The topological polar surface area (TPSA) is 76.9 Å². The number of halogens is 3. The molecule has 0 aliphatic carbocycles. The molecule has 0 spiro atoms. The highest BCUT2D eigenvalue weighted by Gasteiger charge is 2.21. The largest absolute Gasteiger partial charge is 0.267 e. The molecule has 10 heteroatoms. The SMILES string of the molecule is O=S(=O)(Nc1ncn(Cc2cccc(F)c2)n1)c1cc(F)ccc1F. The molecule has 0 saturated carbocycles. The standard InChI is InChI=1S/C15H11F3N4O2S/c16-11-3-1-2-10(6-11)8-22-9-19-15(20-22)21-25(23,24)14-7-12(17)4-5-13(14)18/h1-7,9H,8H2,(H,20,21). The Labute approximate surface area is 141 Å². The zero-order chi connectivity index (χ0) is 18.0. The van der Waals surface area contributed by atoms with Gasteiger partial charge in [0.15, 0.2) is 0 Å². The number of nitrogens with one attached hydrogen (secondary N) is 1. The predicted molar refractivity (Wildman–Crippen MR) is 82.7 cm³/mol. The van der Waals surface area contributed by atoms with Crippen LogP contribution in [0.1, 0.15) is 5.56 Å². The lowest BCUT2D eigenvalue weighted by atomic mass is 10.2. The molecule has 0 fully saturated rings. The molecule has 2 aromatic carbocycles. The van der Waals surface area contributed by atoms with Gasteiger partial charge in [0.2, 0.25) is 0 Å². The van der Waals surface area contributed by atoms with E-state index in [0.29, 0.717) is 17.7 Å². The number of benzene rings is 2. The van der Waals surface area contributed by atoms with Crippen molar-refractivity contribution in [2.45, 2.75) is 11.4 Å². The summed E-state index contributed by atoms with van der Waals surface area (Å²) in [5.41, 5.74) is 0.593. The minimum absolute atomic E-state index is 0.154. The Morgan fingerprint density at radius 2 is 1.80 bits per heavy atom. The molecule has 3 aromatic rings. The molecule has 130 valence electrons. The summed E-state index contributed by atoms with van der Waals surface area (Å²) in [6, 6.07) is 7.85. The molecule has 0 unspecified atom stereocenters. The maximum absolute atomic E-state index is 13.6. The first-order valence-electron chi connectivity index (χ1n) is 6.95. The molecule has 0 radical (unpaired) electrons. The molecular weight excluding hydrogens is 357 g/mol. The summed E-state index contributed by atoms with van der Waals surface area (Å²) >= 11 is 0. The normalized spacial score (nSPS) is 11.5. The smallest absolute Gasteiger partial charge is 0.246 e. The lowest BCUT2D eigenvalue weighted by Gasteiger charge is -2.06. The fraction of sp³-hybridized carbons (Fsp3) is 0.0667. The lowest BCUT2D eigenvalue weighted by molar-refractivity contribution is 0.555. The number of anilines is 1. The molecule has 3 rings (SSSR count). The molecular formula is C15H11F3N4O2S. The predicted octanol–water partition coefficient (Wildman–Crippen LogP) is 2.54. The maximum atomic E-state index is 13.6. The van der Waals surface area contributed by atoms with Gasteiger partial charge in [-0.3, -0.25) is 0 Å². The monoisotopic (exact) mass is 368 g/mol. The van der Waals surface area contributed by atoms with Crippen LogP contribution in [-0.2, 0) is 16.6 Å². The summed E-state index contributed by atoms with van der Waals surface area (Å²) in [7, 11) is -4.40. The summed E-state index contributed by atoms with van der Waals surface area (Å²) in [6.45, 7) is 0.154. The molecule has 1 heterocycles. The fourth-order valence-electron chi connectivity index (χ4n) is 2.10. The van der Waals surface area contributed by atoms with E-state index in [4.69, 9.17) is 0 Å². The van der Waals surface area contributed by atoms with Crippen LogP contribution in [0.2, 0.25) is 0 Å². The fourth-order valence-corrected chi connectivity index (χ4v) is 3.13. The van der Waals surface area contributed by atoms with E-state index in [9.17, 15) is 21.6 Å². The molecule has 0 amide bonds. The molecule has 1 N–H and O–H groups in total. The zero-order valence-corrected chi connectivity index (χ0v) is 13.3. The quantitative estimate of drug-likeness (QED) is 0.751. The van der Waals surface area contributed by atoms with Crippen molar-refractivity contribution in [1.82, 2.24) is 14.8 Å². The van der Waals surface area contributed by atoms with Gasteiger partial charge in [-0.15, -0.1) is 5.10 Å². The Morgan fingerprint density at radius 3 is 2.56 bits per heavy atom. The van der Waals surface area contributed by atoms with E-state index in [1.54, 1.807) is 6.07 Å². The second-order valence-electron chi connectivity index (χ2n) is 5.08. The van der Waals surface area contributed by atoms with E-state index < -0.39 is 32.4 Å². The molecule has 0 atom stereocenters. The second kappa shape index (κ2) is 6.55. The van der Waals surface area contributed by atoms with E-state index in [0.717, 1.165) is 6.07 Å². The summed E-state index contributed by atoms with van der Waals surface area (Å²) in [5.74, 6) is -2.74. The Kier molecular flexibility index (Phi) is 4.45. The third-order valence-electron chi connectivity index (χ3n) is 3.18. The Bertz CT molecular complexity index is 1020. The van der Waals surface area contributed by atoms with Crippen molar-refractivity contribution in [3.63, 3.8) is 0 Å². The van der Waals surface area contributed by atoms with E-state index in [2.05, 4.69) is 10.1 Å². The van der Waals surface area contributed by atoms with Crippen LogP contribution in [0.3, 0.4) is 0 Å². The minimum Gasteiger partial charge on any atom is -0.246 e. The first-order chi connectivity index (χ1) is 11.8. The van der Waals surface area contributed by atoms with E-state index in [-0.39, 0.29) is 12.5 Å². The van der Waals surface area contributed by atoms with Crippen LogP contribution in [-0.4, -0.2) is 23.2 Å². The van der Waals surface area contributed by atoms with Gasteiger partial charge in [-0.2, -0.15) is 4.98 Å². The van der Waals surface area contributed by atoms with Crippen molar-refractivity contribution in [3.8, 4) is 0 Å². The molecule has 6 nitrogen and oxygen atoms in total. The number of nitrogens with zero attached hydrogens (tertiary/aromatic N) is 3. The van der Waals surface area contributed by atoms with Crippen molar-refractivity contribution in [3.05, 3.63) is 71.8 Å². The van der Waals surface area contributed by atoms with Gasteiger partial charge in [-0.25, -0.2) is 31.0 Å². The Balaban J connectivity index is 1.80. The van der Waals surface area contributed by atoms with Gasteiger partial charge in [0.05, 0.1) is 6.54 Å². The average molecular weight is 368 g/mol. The van der Waals surface area contributed by atoms with Crippen LogP contribution in [0, 0.1) is 17.5 Å². The van der Waals surface area contributed by atoms with Crippen LogP contribution in [0.4, 0.5) is 19.1 Å². The summed E-state index contributed by atoms with van der Waals surface area (Å²) < 4.78 is 67.5. The van der Waals surface area contributed by atoms with E-state index >= 15 is 0 Å². The van der Waals surface area contributed by atoms with Crippen molar-refractivity contribution >= 4 is 16.0 Å². The van der Waals surface area contributed by atoms with Crippen LogP contribution in [0.15, 0.2) is 53.7 Å². The lowest BCUT2D eigenvalue weighted by Crippen LogP contribution is -2.16. The average Bonchev–Trinajstić information content (AvgIpc) is 2.96. The molecule has 25 heavy (non-hydrogen) atoms. The van der Waals surface area contributed by atoms with Gasteiger partial charge in [-0.05, 0) is 35.9 Å². The Hall–Kier alpha value is -2.88. The van der Waals surface area contributed by atoms with Gasteiger partial charge in [0.1, 0.15) is 28.7 Å². The van der Waals surface area contributed by atoms with E-state index in [1.807, 2.05) is 4.72 Å². The maximum Gasteiger partial charge on any atom is 0.267 e. The molecule has 0 saturated heterocycles. The first kappa shape index (κ1) is 17.0. The summed E-state index contributed by atoms with van der Waals surface area (Å²) in [5, 5.41) is 3.87. The molecule has 0 aliphatic heterocycles. The van der Waals surface area contributed by atoms with Crippen LogP contribution >= 0.6 is 0 Å². The van der Waals surface area contributed by atoms with Crippen molar-refractivity contribution in [2.24, 2.45) is 0 Å². The van der Waals surface area contributed by atoms with Crippen molar-refractivity contribution in [1.29, 1.82) is 0 Å². The number of rotatable bonds is 5. The van der Waals surface area contributed by atoms with Crippen LogP contribution in [0.25, 0.3) is 0 Å². The van der Waals surface area contributed by atoms with Gasteiger partial charge < -0.3 is 0 Å². The highest BCUT2D eigenvalue weighted by atomic mass is 32.2. The van der Waals surface area contributed by atoms with Gasteiger partial charge in [0.25, 0.3) is 16.0 Å². The van der Waals surface area contributed by atoms with Crippen molar-refractivity contribution < 1.29 is 21.6 Å². The second-order valence-corrected chi connectivity index (χ2v) is 6.73. The highest BCUT2D eigenvalue weighted by molar-refractivity contribution is 7.92.